The van der Waals surface area contributed by atoms with Gasteiger partial charge in [-0.1, -0.05) is 198 Å². The van der Waals surface area contributed by atoms with Gasteiger partial charge >= 0.3 is 11.9 Å². The summed E-state index contributed by atoms with van der Waals surface area (Å²) in [5, 5.41) is 35.1. The number of hydrogen-bond donors (Lipinski definition) is 9. The van der Waals surface area contributed by atoms with Crippen LogP contribution >= 0.6 is 0 Å². The molecule has 0 aromatic heterocycles. The van der Waals surface area contributed by atoms with Crippen LogP contribution in [0.5, 0.6) is 5.75 Å². The lowest BCUT2D eigenvalue weighted by molar-refractivity contribution is 0.0598. The zero-order chi connectivity index (χ0) is 95.7. The van der Waals surface area contributed by atoms with Crippen LogP contribution in [0.4, 0.5) is 34.1 Å². The molecule has 0 aliphatic carbocycles. The van der Waals surface area contributed by atoms with E-state index in [4.69, 9.17) is 9.66 Å². The number of aromatic carboxylic acids is 1. The number of nitrogens with one attached hydrogen (secondary N) is 6. The van der Waals surface area contributed by atoms with Crippen LogP contribution in [0.15, 0.2) is 331 Å². The van der Waals surface area contributed by atoms with Gasteiger partial charge in [-0.05, 0) is 286 Å². The van der Waals surface area contributed by atoms with E-state index in [1.807, 2.05) is 176 Å². The van der Waals surface area contributed by atoms with E-state index in [-0.39, 0.29) is 56.5 Å². The molecule has 0 bridgehead atoms. The number of methoxy groups -OCH3 is 1. The third kappa shape index (κ3) is 32.2. The van der Waals surface area contributed by atoms with Gasteiger partial charge in [-0.15, -0.1) is 0 Å². The zero-order valence-corrected chi connectivity index (χ0v) is 77.1. The first kappa shape index (κ1) is 102. The molecule has 0 unspecified atom stereocenters. The molecule has 678 valence electrons. The number of anilines is 6. The Hall–Kier alpha value is -14.8. The molecule has 0 fully saturated rings. The summed E-state index contributed by atoms with van der Waals surface area (Å²) in [6.07, 6.45) is 0. The van der Waals surface area contributed by atoms with E-state index in [1.165, 1.54) is 109 Å². The molecule has 13 rings (SSSR count). The van der Waals surface area contributed by atoms with Crippen molar-refractivity contribution in [3.8, 4) is 16.9 Å². The number of carboxylic acids is 1. The van der Waals surface area contributed by atoms with Crippen molar-refractivity contribution in [1.29, 1.82) is 0 Å². The highest BCUT2D eigenvalue weighted by molar-refractivity contribution is 7.86. The lowest BCUT2D eigenvalue weighted by atomic mass is 10.0. The number of hydrogen-bond acceptors (Lipinski definition) is 15. The summed E-state index contributed by atoms with van der Waals surface area (Å²) in [6, 6.07) is 93.4. The summed E-state index contributed by atoms with van der Waals surface area (Å²) >= 11 is 0. The van der Waals surface area contributed by atoms with Crippen LogP contribution in [0.1, 0.15) is 235 Å². The van der Waals surface area contributed by atoms with Crippen molar-refractivity contribution in [2.45, 2.75) is 128 Å². The minimum absolute atomic E-state index is 0.0124. The molecule has 9 N–H and O–H groups in total. The lowest BCUT2D eigenvalue weighted by Gasteiger charge is -2.10. The Morgan fingerprint density at radius 2 is 0.489 bits per heavy atom. The molecule has 0 atom stereocenters. The number of carboxylic acid groups (broad SMARTS) is 1. The Kier molecular flexibility index (Phi) is 38.0. The highest BCUT2D eigenvalue weighted by Crippen LogP contribution is 2.28. The average Bonchev–Trinajstić information content (AvgIpc) is 0.837. The van der Waals surface area contributed by atoms with Crippen LogP contribution in [-0.4, -0.2) is 93.2 Å². The Labute approximate surface area is 766 Å². The van der Waals surface area contributed by atoms with Gasteiger partial charge in [-0.2, -0.15) is 16.8 Å². The fourth-order valence-electron chi connectivity index (χ4n) is 12.4. The molecular formula is C106H110N6O17S2. The second kappa shape index (κ2) is 49.0. The molecule has 0 aliphatic rings. The monoisotopic (exact) mass is 1800 g/mol. The topological polar surface area (TPSA) is 356 Å². The molecule has 0 radical (unpaired) electrons. The largest absolute Gasteiger partial charge is 0.508 e. The van der Waals surface area contributed by atoms with Crippen molar-refractivity contribution < 1.29 is 78.9 Å². The van der Waals surface area contributed by atoms with Crippen molar-refractivity contribution in [3.05, 3.63) is 399 Å². The predicted octanol–water partition coefficient (Wildman–Crippen LogP) is 23.8. The quantitative estimate of drug-likeness (QED) is 0.0154. The first-order chi connectivity index (χ1) is 62.3. The molecule has 0 spiro atoms. The molecule has 25 heteroatoms. The van der Waals surface area contributed by atoms with E-state index in [2.05, 4.69) is 142 Å². The summed E-state index contributed by atoms with van der Waals surface area (Å²) < 4.78 is 63.0. The number of phenols is 1. The number of aromatic hydroxyl groups is 1. The van der Waals surface area contributed by atoms with Crippen molar-refractivity contribution >= 4 is 102 Å². The van der Waals surface area contributed by atoms with Gasteiger partial charge in [0.1, 0.15) is 5.75 Å². The van der Waals surface area contributed by atoms with E-state index in [0.717, 1.165) is 57.7 Å². The fraction of sp³-hybridized carbons (Fsp3) is 0.189. The Balaban J connectivity index is 0.000000194. The normalized spacial score (nSPS) is 10.8. The average molecular weight is 1800 g/mol. The van der Waals surface area contributed by atoms with Crippen LogP contribution in [0, 0.1) is 0 Å². The Bertz CT molecular complexity index is 6290. The second-order valence-electron chi connectivity index (χ2n) is 32.0. The number of ether oxygens (including phenoxy) is 1. The van der Waals surface area contributed by atoms with Crippen LogP contribution in [0.25, 0.3) is 11.1 Å². The van der Waals surface area contributed by atoms with Crippen molar-refractivity contribution in [2.75, 3.05) is 46.1 Å². The Morgan fingerprint density at radius 3 is 0.725 bits per heavy atom. The van der Waals surface area contributed by atoms with Gasteiger partial charge in [-0.25, -0.2) is 9.59 Å². The number of carbonyl (C=O) groups excluding carboxylic acids is 7. The molecule has 0 heterocycles. The van der Waals surface area contributed by atoms with Gasteiger partial charge in [0.2, 0.25) is 0 Å². The van der Waals surface area contributed by atoms with E-state index < -0.39 is 32.2 Å². The van der Waals surface area contributed by atoms with Gasteiger partial charge in [0.25, 0.3) is 55.7 Å². The number of rotatable bonds is 24. The maximum atomic E-state index is 12.4. The maximum absolute atomic E-state index is 12.4. The molecule has 6 amide bonds. The number of amides is 6. The van der Waals surface area contributed by atoms with Gasteiger partial charge < -0.3 is 46.9 Å². The van der Waals surface area contributed by atoms with Gasteiger partial charge in [0.15, 0.2) is 0 Å². The molecule has 0 saturated heterocycles. The van der Waals surface area contributed by atoms with E-state index in [0.29, 0.717) is 85.8 Å². The molecule has 0 aliphatic heterocycles. The van der Waals surface area contributed by atoms with Crippen molar-refractivity contribution in [3.63, 3.8) is 0 Å². The van der Waals surface area contributed by atoms with Crippen molar-refractivity contribution in [1.82, 2.24) is 0 Å². The maximum Gasteiger partial charge on any atom is 0.337 e. The number of phenolic OH excluding ortho intramolecular Hbond substituents is 1. The molecule has 13 aromatic carbocycles. The van der Waals surface area contributed by atoms with Crippen LogP contribution in [0.2, 0.25) is 0 Å². The summed E-state index contributed by atoms with van der Waals surface area (Å²) in [7, 11) is -5.58. The molecular weight excluding hydrogens is 1690 g/mol. The number of carbonyl (C=O) groups is 8. The second-order valence-corrected chi connectivity index (χ2v) is 35.1. The van der Waals surface area contributed by atoms with E-state index in [1.54, 1.807) is 42.5 Å². The number of benzene rings is 13. The molecule has 23 nitrogen and oxygen atoms in total. The number of esters is 1. The van der Waals surface area contributed by atoms with Gasteiger partial charge in [-0.3, -0.25) is 37.5 Å². The van der Waals surface area contributed by atoms with E-state index >= 15 is 0 Å². The van der Waals surface area contributed by atoms with Gasteiger partial charge in [0.05, 0.1) is 35.1 Å². The minimum Gasteiger partial charge on any atom is -0.508 e. The zero-order valence-electron chi connectivity index (χ0n) is 75.4. The first-order valence-corrected chi connectivity index (χ1v) is 45.1. The third-order valence-corrected chi connectivity index (χ3v) is 22.4. The van der Waals surface area contributed by atoms with Crippen LogP contribution < -0.4 is 31.9 Å². The molecule has 131 heavy (non-hydrogen) atoms. The predicted molar refractivity (Wildman–Crippen MR) is 519 cm³/mol. The van der Waals surface area contributed by atoms with Gasteiger partial charge in [0, 0.05) is 67.5 Å². The Morgan fingerprint density at radius 1 is 0.267 bits per heavy atom. The summed E-state index contributed by atoms with van der Waals surface area (Å²) in [5.41, 5.74) is 17.0. The summed E-state index contributed by atoms with van der Waals surface area (Å²) in [5.74, 6) is -0.292. The molecule has 13 aromatic rings. The minimum atomic E-state index is -4.25. The van der Waals surface area contributed by atoms with E-state index in [9.17, 15) is 60.3 Å². The highest BCUT2D eigenvalue weighted by atomic mass is 32.2. The fourth-order valence-corrected chi connectivity index (χ4v) is 13.6. The lowest BCUT2D eigenvalue weighted by Crippen LogP contribution is -2.12. The standard InChI is InChI=1S/C22H21NO.C18H19NO3.C17H19NO4S.C17H17NO3.C16H17NO4S.C16H17NO2/c1-16(2)20-9-6-10-21(15-20)23-22(24)19-13-11-18(12-14-19)17-7-4-3-5-8-17;1-12(2)15-5-4-6-16(11-15)19-17(20)13-7-9-14(10-8-13)18(21)22-3;1-12(2)14-5-4-6-15(11-14)18-17(19)13-7-9-16(10-8-13)23(20,21)22-3;1-11(2)14-4-3-5-15(10-14)18-16(19)12-6-8-13(9-7-12)17(20)21;1-11(2)13-4-3-5-14(10-13)17-16(18)12-6-8-15(9-7-12)22(19,20)21;1-11(2)13-4-3-5-14(10-13)17-16(19)12-6-8-15(18)9-7-12/h3-16H,1-2H3,(H,23,24);4-12H,1-3H3,(H,19,20);4-12H,1-3H3,(H,18,19);3-11H,1-2H3,(H,18,19)(H,20,21);3-11H,1-2H3,(H,17,18)(H,19,20,21);3-11,18H,1-2H3,(H,17,19). The SMILES string of the molecule is CC(C)c1cccc(NC(=O)c2ccc(-c3ccccc3)cc2)c1.CC(C)c1cccc(NC(=O)c2ccc(C(=O)O)cc2)c1.CC(C)c1cccc(NC(=O)c2ccc(O)cc2)c1.CC(C)c1cccc(NC(=O)c2ccc(S(=O)(=O)O)cc2)c1.COC(=O)c1ccc(C(=O)Nc2cccc(C(C)C)c2)cc1.COS(=O)(=O)c1ccc(C(=O)Nc2cccc(C(C)C)c2)cc1. The third-order valence-electron chi connectivity index (χ3n) is 20.3. The van der Waals surface area contributed by atoms with Crippen LogP contribution in [0.3, 0.4) is 0 Å². The van der Waals surface area contributed by atoms with Crippen molar-refractivity contribution in [2.24, 2.45) is 0 Å². The van der Waals surface area contributed by atoms with Crippen LogP contribution in [-0.2, 0) is 29.2 Å². The highest BCUT2D eigenvalue weighted by Gasteiger charge is 2.19. The first-order valence-electron chi connectivity index (χ1n) is 42.2. The summed E-state index contributed by atoms with van der Waals surface area (Å²) in [6.45, 7) is 25.2. The smallest absolute Gasteiger partial charge is 0.337 e. The molecule has 0 saturated carbocycles. The summed E-state index contributed by atoms with van der Waals surface area (Å²) in [4.78, 5) is 95.1.